The summed E-state index contributed by atoms with van der Waals surface area (Å²) in [6, 6.07) is 2.28. The van der Waals surface area contributed by atoms with Crippen LogP contribution in [0.4, 0.5) is 5.82 Å². The average Bonchev–Trinajstić information content (AvgIpc) is 2.94. The number of likely N-dealkylation sites (tertiary alicyclic amines) is 1. The van der Waals surface area contributed by atoms with Gasteiger partial charge in [0.2, 0.25) is 0 Å². The van der Waals surface area contributed by atoms with Gasteiger partial charge in [0.25, 0.3) is 5.91 Å². The van der Waals surface area contributed by atoms with Crippen molar-refractivity contribution < 1.29 is 4.79 Å². The van der Waals surface area contributed by atoms with Crippen LogP contribution in [0.1, 0.15) is 34.0 Å². The van der Waals surface area contributed by atoms with Gasteiger partial charge >= 0.3 is 0 Å². The van der Waals surface area contributed by atoms with Gasteiger partial charge in [0, 0.05) is 36.3 Å². The third-order valence-corrected chi connectivity index (χ3v) is 4.55. The molecule has 0 spiro atoms. The molecule has 1 saturated heterocycles. The minimum absolute atomic E-state index is 0.0423. The van der Waals surface area contributed by atoms with E-state index in [1.807, 2.05) is 30.2 Å². The summed E-state index contributed by atoms with van der Waals surface area (Å²) in [6.07, 6.45) is 3.40. The standard InChI is InChI=1S/C15H19N5OS/c1-10-7-14(17-9-16-10)19-12-3-5-20(6-4-12)15(21)13-8-22-11(2)18-13/h7-9,12H,3-6H2,1-2H3,(H,16,17,19). The van der Waals surface area contributed by atoms with E-state index >= 15 is 0 Å². The van der Waals surface area contributed by atoms with Gasteiger partial charge in [-0.3, -0.25) is 4.79 Å². The van der Waals surface area contributed by atoms with Crippen molar-refractivity contribution in [2.24, 2.45) is 0 Å². The maximum Gasteiger partial charge on any atom is 0.273 e. The fourth-order valence-electron chi connectivity index (χ4n) is 2.59. The number of hydrogen-bond acceptors (Lipinski definition) is 6. The normalized spacial score (nSPS) is 15.8. The van der Waals surface area contributed by atoms with Gasteiger partial charge < -0.3 is 10.2 Å². The van der Waals surface area contributed by atoms with Crippen LogP contribution in [0.5, 0.6) is 0 Å². The number of carbonyl (C=O) groups excluding carboxylic acids is 1. The molecule has 7 heteroatoms. The summed E-state index contributed by atoms with van der Waals surface area (Å²) < 4.78 is 0. The predicted molar refractivity (Wildman–Crippen MR) is 86.2 cm³/mol. The van der Waals surface area contributed by atoms with Gasteiger partial charge in [-0.15, -0.1) is 11.3 Å². The second-order valence-electron chi connectivity index (χ2n) is 5.51. The number of nitrogens with one attached hydrogen (secondary N) is 1. The molecule has 3 rings (SSSR count). The Morgan fingerprint density at radius 2 is 2.09 bits per heavy atom. The Morgan fingerprint density at radius 3 is 2.73 bits per heavy atom. The van der Waals surface area contributed by atoms with E-state index < -0.39 is 0 Å². The minimum Gasteiger partial charge on any atom is -0.367 e. The van der Waals surface area contributed by atoms with Crippen LogP contribution in [-0.2, 0) is 0 Å². The van der Waals surface area contributed by atoms with E-state index in [2.05, 4.69) is 20.3 Å². The first-order chi connectivity index (χ1) is 10.6. The third kappa shape index (κ3) is 3.41. The number of rotatable bonds is 3. The summed E-state index contributed by atoms with van der Waals surface area (Å²) in [6.45, 7) is 5.36. The van der Waals surface area contributed by atoms with Crippen molar-refractivity contribution in [2.75, 3.05) is 18.4 Å². The Bertz CT molecular complexity index is 663. The molecule has 0 aromatic carbocycles. The van der Waals surface area contributed by atoms with Crippen LogP contribution in [0.25, 0.3) is 0 Å². The average molecular weight is 317 g/mol. The first-order valence-electron chi connectivity index (χ1n) is 7.38. The van der Waals surface area contributed by atoms with Crippen LogP contribution in [0, 0.1) is 13.8 Å². The van der Waals surface area contributed by atoms with Gasteiger partial charge in [-0.2, -0.15) is 0 Å². The Hall–Kier alpha value is -2.02. The zero-order valence-electron chi connectivity index (χ0n) is 12.7. The number of carbonyl (C=O) groups is 1. The van der Waals surface area contributed by atoms with Crippen molar-refractivity contribution in [3.05, 3.63) is 34.2 Å². The SMILES string of the molecule is Cc1cc(NC2CCN(C(=O)c3csc(C)n3)CC2)ncn1. The lowest BCUT2D eigenvalue weighted by molar-refractivity contribution is 0.0713. The number of aryl methyl sites for hydroxylation is 2. The summed E-state index contributed by atoms with van der Waals surface area (Å²) >= 11 is 1.52. The zero-order valence-corrected chi connectivity index (χ0v) is 13.6. The van der Waals surface area contributed by atoms with E-state index in [-0.39, 0.29) is 5.91 Å². The van der Waals surface area contributed by atoms with E-state index in [4.69, 9.17) is 0 Å². The highest BCUT2D eigenvalue weighted by molar-refractivity contribution is 7.09. The van der Waals surface area contributed by atoms with Crippen LogP contribution >= 0.6 is 11.3 Å². The van der Waals surface area contributed by atoms with Crippen molar-refractivity contribution >= 4 is 23.1 Å². The fourth-order valence-corrected chi connectivity index (χ4v) is 3.18. The van der Waals surface area contributed by atoms with Gasteiger partial charge in [-0.25, -0.2) is 15.0 Å². The van der Waals surface area contributed by atoms with Gasteiger partial charge in [0.05, 0.1) is 5.01 Å². The molecule has 0 radical (unpaired) electrons. The molecule has 0 saturated carbocycles. The zero-order chi connectivity index (χ0) is 15.5. The molecule has 2 aromatic rings. The molecule has 2 aromatic heterocycles. The van der Waals surface area contributed by atoms with Crippen LogP contribution in [0.2, 0.25) is 0 Å². The second-order valence-corrected chi connectivity index (χ2v) is 6.57. The number of aromatic nitrogens is 3. The monoisotopic (exact) mass is 317 g/mol. The minimum atomic E-state index is 0.0423. The van der Waals surface area contributed by atoms with Crippen molar-refractivity contribution in [3.8, 4) is 0 Å². The second kappa shape index (κ2) is 6.39. The van der Waals surface area contributed by atoms with E-state index in [1.165, 1.54) is 11.3 Å². The molecule has 0 atom stereocenters. The Labute approximate surface area is 133 Å². The lowest BCUT2D eigenvalue weighted by Crippen LogP contribution is -2.42. The van der Waals surface area contributed by atoms with E-state index in [9.17, 15) is 4.79 Å². The quantitative estimate of drug-likeness (QED) is 0.940. The van der Waals surface area contributed by atoms with Gasteiger partial charge in [-0.1, -0.05) is 0 Å². The van der Waals surface area contributed by atoms with Crippen LogP contribution in [-0.4, -0.2) is 44.9 Å². The van der Waals surface area contributed by atoms with Crippen LogP contribution < -0.4 is 5.32 Å². The van der Waals surface area contributed by atoms with Crippen molar-refractivity contribution in [1.29, 1.82) is 0 Å². The molecule has 0 unspecified atom stereocenters. The number of amides is 1. The van der Waals surface area contributed by atoms with Crippen LogP contribution in [0.3, 0.4) is 0 Å². The first-order valence-corrected chi connectivity index (χ1v) is 8.26. The number of hydrogen-bond donors (Lipinski definition) is 1. The van der Waals surface area contributed by atoms with Crippen molar-refractivity contribution in [3.63, 3.8) is 0 Å². The van der Waals surface area contributed by atoms with E-state index in [1.54, 1.807) is 6.33 Å². The number of piperidine rings is 1. The van der Waals surface area contributed by atoms with Gasteiger partial charge in [0.1, 0.15) is 17.8 Å². The molecule has 1 aliphatic heterocycles. The molecular formula is C15H19N5OS. The molecule has 1 amide bonds. The lowest BCUT2D eigenvalue weighted by atomic mass is 10.0. The first kappa shape index (κ1) is 14.9. The van der Waals surface area contributed by atoms with Crippen LogP contribution in [0.15, 0.2) is 17.8 Å². The highest BCUT2D eigenvalue weighted by atomic mass is 32.1. The van der Waals surface area contributed by atoms with E-state index in [0.29, 0.717) is 11.7 Å². The Kier molecular flexibility index (Phi) is 4.33. The largest absolute Gasteiger partial charge is 0.367 e. The number of nitrogens with zero attached hydrogens (tertiary/aromatic N) is 4. The smallest absolute Gasteiger partial charge is 0.273 e. The summed E-state index contributed by atoms with van der Waals surface area (Å²) in [4.78, 5) is 26.8. The van der Waals surface area contributed by atoms with Gasteiger partial charge in [0.15, 0.2) is 0 Å². The highest BCUT2D eigenvalue weighted by Crippen LogP contribution is 2.18. The highest BCUT2D eigenvalue weighted by Gasteiger charge is 2.25. The molecule has 1 N–H and O–H groups in total. The molecule has 116 valence electrons. The molecule has 1 fully saturated rings. The maximum absolute atomic E-state index is 12.4. The predicted octanol–water partition coefficient (Wildman–Crippen LogP) is 2.27. The topological polar surface area (TPSA) is 71.0 Å². The lowest BCUT2D eigenvalue weighted by Gasteiger charge is -2.32. The summed E-state index contributed by atoms with van der Waals surface area (Å²) in [5, 5.41) is 6.19. The molecule has 22 heavy (non-hydrogen) atoms. The molecular weight excluding hydrogens is 298 g/mol. The molecule has 1 aliphatic rings. The summed E-state index contributed by atoms with van der Waals surface area (Å²) in [5.74, 6) is 0.896. The van der Waals surface area contributed by atoms with Crippen molar-refractivity contribution in [2.45, 2.75) is 32.7 Å². The fraction of sp³-hybridized carbons (Fsp3) is 0.467. The Balaban J connectivity index is 1.55. The third-order valence-electron chi connectivity index (χ3n) is 3.78. The molecule has 3 heterocycles. The molecule has 6 nitrogen and oxygen atoms in total. The Morgan fingerprint density at radius 1 is 1.32 bits per heavy atom. The van der Waals surface area contributed by atoms with Gasteiger partial charge in [-0.05, 0) is 26.7 Å². The summed E-state index contributed by atoms with van der Waals surface area (Å²) in [7, 11) is 0. The molecule has 0 aliphatic carbocycles. The van der Waals surface area contributed by atoms with Crippen molar-refractivity contribution in [1.82, 2.24) is 19.9 Å². The maximum atomic E-state index is 12.4. The number of anilines is 1. The molecule has 0 bridgehead atoms. The summed E-state index contributed by atoms with van der Waals surface area (Å²) in [5.41, 5.74) is 1.52. The van der Waals surface area contributed by atoms with E-state index in [0.717, 1.165) is 42.5 Å². The number of thiazole rings is 1.